The van der Waals surface area contributed by atoms with E-state index in [1.807, 2.05) is 26.0 Å². The molecule has 0 unspecified atom stereocenters. The molecule has 0 atom stereocenters. The number of anilines is 1. The molecule has 0 saturated carbocycles. The SMILES string of the molecule is CCOc1ccc(NC(=O)CCC(C)=O)cc1C. The maximum absolute atomic E-state index is 11.5. The average molecular weight is 249 g/mol. The van der Waals surface area contributed by atoms with E-state index in [0.29, 0.717) is 6.61 Å². The molecule has 0 aliphatic rings. The Kier molecular flexibility index (Phi) is 5.36. The van der Waals surface area contributed by atoms with E-state index in [1.165, 1.54) is 6.92 Å². The lowest BCUT2D eigenvalue weighted by Gasteiger charge is -2.10. The van der Waals surface area contributed by atoms with Gasteiger partial charge in [0, 0.05) is 18.5 Å². The third-order valence-corrected chi connectivity index (χ3v) is 2.46. The third kappa shape index (κ3) is 4.57. The van der Waals surface area contributed by atoms with Crippen LogP contribution in [0, 0.1) is 6.92 Å². The Morgan fingerprint density at radius 2 is 2.00 bits per heavy atom. The highest BCUT2D eigenvalue weighted by Gasteiger charge is 2.06. The molecule has 1 aromatic carbocycles. The van der Waals surface area contributed by atoms with Gasteiger partial charge >= 0.3 is 0 Å². The molecule has 1 amide bonds. The Balaban J connectivity index is 2.60. The van der Waals surface area contributed by atoms with Crippen LogP contribution in [-0.4, -0.2) is 18.3 Å². The van der Waals surface area contributed by atoms with Gasteiger partial charge < -0.3 is 14.8 Å². The summed E-state index contributed by atoms with van der Waals surface area (Å²) in [6.07, 6.45) is 0.503. The van der Waals surface area contributed by atoms with Gasteiger partial charge in [0.15, 0.2) is 0 Å². The normalized spacial score (nSPS) is 9.94. The number of benzene rings is 1. The molecule has 0 aliphatic heterocycles. The molecule has 0 saturated heterocycles. The molecule has 98 valence electrons. The number of Topliss-reactive ketones (excluding diaryl/α,β-unsaturated/α-hetero) is 1. The monoisotopic (exact) mass is 249 g/mol. The molecule has 0 aliphatic carbocycles. The van der Waals surface area contributed by atoms with Gasteiger partial charge in [-0.15, -0.1) is 0 Å². The van der Waals surface area contributed by atoms with E-state index in [2.05, 4.69) is 5.32 Å². The minimum atomic E-state index is -0.145. The highest BCUT2D eigenvalue weighted by molar-refractivity contribution is 5.93. The Labute approximate surface area is 107 Å². The average Bonchev–Trinajstić information content (AvgIpc) is 2.30. The van der Waals surface area contributed by atoms with Gasteiger partial charge in [-0.2, -0.15) is 0 Å². The van der Waals surface area contributed by atoms with Crippen LogP contribution in [0.3, 0.4) is 0 Å². The lowest BCUT2D eigenvalue weighted by molar-refractivity contribution is -0.121. The first-order valence-electron chi connectivity index (χ1n) is 6.05. The summed E-state index contributed by atoms with van der Waals surface area (Å²) in [7, 11) is 0. The molecule has 0 radical (unpaired) electrons. The number of ketones is 1. The van der Waals surface area contributed by atoms with Gasteiger partial charge in [-0.3, -0.25) is 4.79 Å². The van der Waals surface area contributed by atoms with Gasteiger partial charge in [-0.05, 0) is 44.5 Å². The van der Waals surface area contributed by atoms with E-state index in [0.717, 1.165) is 17.0 Å². The van der Waals surface area contributed by atoms with Gasteiger partial charge in [0.1, 0.15) is 11.5 Å². The minimum Gasteiger partial charge on any atom is -0.494 e. The van der Waals surface area contributed by atoms with Crippen molar-refractivity contribution in [2.24, 2.45) is 0 Å². The largest absolute Gasteiger partial charge is 0.494 e. The fourth-order valence-corrected chi connectivity index (χ4v) is 1.56. The van der Waals surface area contributed by atoms with Gasteiger partial charge in [-0.25, -0.2) is 0 Å². The number of hydrogen-bond acceptors (Lipinski definition) is 3. The molecule has 0 spiro atoms. The van der Waals surface area contributed by atoms with Crippen LogP contribution in [0.4, 0.5) is 5.69 Å². The first-order chi connectivity index (χ1) is 8.52. The first-order valence-corrected chi connectivity index (χ1v) is 6.05. The summed E-state index contributed by atoms with van der Waals surface area (Å²) in [5.41, 5.74) is 1.70. The predicted octanol–water partition coefficient (Wildman–Crippen LogP) is 2.70. The van der Waals surface area contributed by atoms with Crippen molar-refractivity contribution in [2.45, 2.75) is 33.6 Å². The van der Waals surface area contributed by atoms with Crippen molar-refractivity contribution < 1.29 is 14.3 Å². The van der Waals surface area contributed by atoms with Crippen LogP contribution < -0.4 is 10.1 Å². The molecule has 0 heterocycles. The highest BCUT2D eigenvalue weighted by Crippen LogP contribution is 2.22. The van der Waals surface area contributed by atoms with E-state index in [1.54, 1.807) is 6.07 Å². The maximum Gasteiger partial charge on any atom is 0.224 e. The molecule has 0 bridgehead atoms. The lowest BCUT2D eigenvalue weighted by Crippen LogP contribution is -2.12. The van der Waals surface area contributed by atoms with Crippen LogP contribution in [0.25, 0.3) is 0 Å². The fourth-order valence-electron chi connectivity index (χ4n) is 1.56. The fraction of sp³-hybridized carbons (Fsp3) is 0.429. The second kappa shape index (κ2) is 6.79. The molecule has 1 aromatic rings. The van der Waals surface area contributed by atoms with Crippen LogP contribution in [0.5, 0.6) is 5.75 Å². The molecular formula is C14H19NO3. The second-order valence-electron chi connectivity index (χ2n) is 4.16. The van der Waals surface area contributed by atoms with E-state index in [9.17, 15) is 9.59 Å². The van der Waals surface area contributed by atoms with Crippen molar-refractivity contribution in [3.05, 3.63) is 23.8 Å². The van der Waals surface area contributed by atoms with Crippen LogP contribution in [0.2, 0.25) is 0 Å². The van der Waals surface area contributed by atoms with Gasteiger partial charge in [-0.1, -0.05) is 0 Å². The number of rotatable bonds is 6. The summed E-state index contributed by atoms with van der Waals surface area (Å²) < 4.78 is 5.42. The van der Waals surface area contributed by atoms with Crippen molar-refractivity contribution in [3.63, 3.8) is 0 Å². The summed E-state index contributed by atoms with van der Waals surface area (Å²) in [6.45, 7) is 5.95. The molecular weight excluding hydrogens is 230 g/mol. The molecule has 4 heteroatoms. The van der Waals surface area contributed by atoms with Crippen molar-refractivity contribution >= 4 is 17.4 Å². The Morgan fingerprint density at radius 3 is 2.56 bits per heavy atom. The molecule has 1 rings (SSSR count). The zero-order chi connectivity index (χ0) is 13.5. The van der Waals surface area contributed by atoms with E-state index in [4.69, 9.17) is 4.74 Å². The quantitative estimate of drug-likeness (QED) is 0.843. The molecule has 1 N–H and O–H groups in total. The molecule has 4 nitrogen and oxygen atoms in total. The van der Waals surface area contributed by atoms with Crippen LogP contribution in [-0.2, 0) is 9.59 Å². The number of ether oxygens (including phenoxy) is 1. The van der Waals surface area contributed by atoms with Gasteiger partial charge in [0.2, 0.25) is 5.91 Å². The number of hydrogen-bond donors (Lipinski definition) is 1. The lowest BCUT2D eigenvalue weighted by atomic mass is 10.2. The van der Waals surface area contributed by atoms with E-state index in [-0.39, 0.29) is 24.5 Å². The van der Waals surface area contributed by atoms with Gasteiger partial charge in [0.25, 0.3) is 0 Å². The van der Waals surface area contributed by atoms with Gasteiger partial charge in [0.05, 0.1) is 6.61 Å². The summed E-state index contributed by atoms with van der Waals surface area (Å²) in [4.78, 5) is 22.3. The highest BCUT2D eigenvalue weighted by atomic mass is 16.5. The molecule has 18 heavy (non-hydrogen) atoms. The number of amides is 1. The maximum atomic E-state index is 11.5. The van der Waals surface area contributed by atoms with E-state index < -0.39 is 0 Å². The standard InChI is InChI=1S/C14H19NO3/c1-4-18-13-7-6-12(9-10(13)2)15-14(17)8-5-11(3)16/h6-7,9H,4-5,8H2,1-3H3,(H,15,17). The molecule has 0 aromatic heterocycles. The second-order valence-corrected chi connectivity index (χ2v) is 4.16. The van der Waals surface area contributed by atoms with Crippen molar-refractivity contribution in [1.82, 2.24) is 0 Å². The van der Waals surface area contributed by atoms with Crippen LogP contribution in [0.1, 0.15) is 32.3 Å². The van der Waals surface area contributed by atoms with Crippen molar-refractivity contribution in [1.29, 1.82) is 0 Å². The zero-order valence-corrected chi connectivity index (χ0v) is 11.1. The Morgan fingerprint density at radius 1 is 1.28 bits per heavy atom. The van der Waals surface area contributed by atoms with E-state index >= 15 is 0 Å². The number of carbonyl (C=O) groups is 2. The summed E-state index contributed by atoms with van der Waals surface area (Å²) >= 11 is 0. The zero-order valence-electron chi connectivity index (χ0n) is 11.1. The van der Waals surface area contributed by atoms with Crippen molar-refractivity contribution in [3.8, 4) is 5.75 Å². The third-order valence-electron chi connectivity index (χ3n) is 2.46. The first kappa shape index (κ1) is 14.2. The summed E-state index contributed by atoms with van der Waals surface area (Å²) in [5, 5.41) is 2.76. The Hall–Kier alpha value is -1.84. The number of carbonyl (C=O) groups excluding carboxylic acids is 2. The van der Waals surface area contributed by atoms with Crippen LogP contribution in [0.15, 0.2) is 18.2 Å². The van der Waals surface area contributed by atoms with Crippen LogP contribution >= 0.6 is 0 Å². The predicted molar refractivity (Wildman–Crippen MR) is 70.9 cm³/mol. The number of nitrogens with one attached hydrogen (secondary N) is 1. The summed E-state index contributed by atoms with van der Waals surface area (Å²) in [5.74, 6) is 0.695. The Bertz CT molecular complexity index is 441. The topological polar surface area (TPSA) is 55.4 Å². The minimum absolute atomic E-state index is 0.0213. The number of aryl methyl sites for hydroxylation is 1. The molecule has 0 fully saturated rings. The summed E-state index contributed by atoms with van der Waals surface area (Å²) in [6, 6.07) is 5.49. The van der Waals surface area contributed by atoms with Crippen molar-refractivity contribution in [2.75, 3.05) is 11.9 Å². The smallest absolute Gasteiger partial charge is 0.224 e.